The zero-order chi connectivity index (χ0) is 13.0. The van der Waals surface area contributed by atoms with Crippen molar-refractivity contribution in [2.75, 3.05) is 6.54 Å². The molecule has 0 spiro atoms. The molecular weight excluding hydrogens is 249 g/mol. The van der Waals surface area contributed by atoms with E-state index in [0.717, 1.165) is 30.5 Å². The predicted molar refractivity (Wildman–Crippen MR) is 74.2 cm³/mol. The third-order valence-electron chi connectivity index (χ3n) is 4.03. The van der Waals surface area contributed by atoms with Crippen LogP contribution in [0.2, 0.25) is 5.02 Å². The minimum atomic E-state index is -0.273. The van der Waals surface area contributed by atoms with Gasteiger partial charge in [-0.15, -0.1) is 0 Å². The summed E-state index contributed by atoms with van der Waals surface area (Å²) in [5, 5.41) is 3.97. The van der Waals surface area contributed by atoms with Gasteiger partial charge in [-0.1, -0.05) is 43.9 Å². The molecule has 1 nitrogen and oxygen atoms in total. The summed E-state index contributed by atoms with van der Waals surface area (Å²) in [5.74, 6) is 1.32. The summed E-state index contributed by atoms with van der Waals surface area (Å²) in [7, 11) is 0. The van der Waals surface area contributed by atoms with E-state index in [2.05, 4.69) is 12.2 Å². The van der Waals surface area contributed by atoms with E-state index in [1.165, 1.54) is 37.8 Å². The van der Waals surface area contributed by atoms with Crippen molar-refractivity contribution in [1.29, 1.82) is 0 Å². The van der Waals surface area contributed by atoms with E-state index >= 15 is 0 Å². The normalized spacial score (nSPS) is 24.2. The second-order valence-corrected chi connectivity index (χ2v) is 5.80. The highest BCUT2D eigenvalue weighted by molar-refractivity contribution is 6.31. The fourth-order valence-corrected chi connectivity index (χ4v) is 2.99. The van der Waals surface area contributed by atoms with Crippen LogP contribution in [0.3, 0.4) is 0 Å². The third-order valence-corrected chi connectivity index (χ3v) is 4.38. The largest absolute Gasteiger partial charge is 0.312 e. The SMILES string of the molecule is CC1CCCCC1CNCc1ccc(F)cc1Cl. The molecule has 0 heterocycles. The number of halogens is 2. The van der Waals surface area contributed by atoms with Crippen LogP contribution < -0.4 is 5.32 Å². The average molecular weight is 270 g/mol. The van der Waals surface area contributed by atoms with E-state index < -0.39 is 0 Å². The summed E-state index contributed by atoms with van der Waals surface area (Å²) in [6, 6.07) is 4.60. The van der Waals surface area contributed by atoms with Crippen molar-refractivity contribution in [2.24, 2.45) is 11.8 Å². The van der Waals surface area contributed by atoms with Gasteiger partial charge in [0, 0.05) is 11.6 Å². The van der Waals surface area contributed by atoms with Gasteiger partial charge in [0.05, 0.1) is 0 Å². The molecule has 0 saturated heterocycles. The highest BCUT2D eigenvalue weighted by Gasteiger charge is 2.20. The van der Waals surface area contributed by atoms with Crippen molar-refractivity contribution in [3.8, 4) is 0 Å². The van der Waals surface area contributed by atoms with Crippen molar-refractivity contribution in [3.63, 3.8) is 0 Å². The Hall–Kier alpha value is -0.600. The maximum Gasteiger partial charge on any atom is 0.124 e. The third kappa shape index (κ3) is 3.69. The van der Waals surface area contributed by atoms with Crippen LogP contribution in [0.4, 0.5) is 4.39 Å². The van der Waals surface area contributed by atoms with E-state index in [1.54, 1.807) is 6.07 Å². The Morgan fingerprint density at radius 2 is 2.11 bits per heavy atom. The van der Waals surface area contributed by atoms with Gasteiger partial charge in [0.1, 0.15) is 5.82 Å². The van der Waals surface area contributed by atoms with Gasteiger partial charge in [-0.2, -0.15) is 0 Å². The molecule has 1 N–H and O–H groups in total. The summed E-state index contributed by atoms with van der Waals surface area (Å²) < 4.78 is 12.9. The molecule has 0 bridgehead atoms. The van der Waals surface area contributed by atoms with E-state index in [4.69, 9.17) is 11.6 Å². The molecular formula is C15H21ClFN. The van der Waals surface area contributed by atoms with Crippen molar-refractivity contribution in [1.82, 2.24) is 5.32 Å². The van der Waals surface area contributed by atoms with E-state index in [9.17, 15) is 4.39 Å². The minimum absolute atomic E-state index is 0.273. The number of benzene rings is 1. The van der Waals surface area contributed by atoms with E-state index in [0.29, 0.717) is 5.02 Å². The fourth-order valence-electron chi connectivity index (χ4n) is 2.75. The second-order valence-electron chi connectivity index (χ2n) is 5.39. The van der Waals surface area contributed by atoms with Gasteiger partial charge >= 0.3 is 0 Å². The van der Waals surface area contributed by atoms with Gasteiger partial charge in [-0.25, -0.2) is 4.39 Å². The molecule has 100 valence electrons. The lowest BCUT2D eigenvalue weighted by Crippen LogP contribution is -2.29. The van der Waals surface area contributed by atoms with Crippen LogP contribution in [0.5, 0.6) is 0 Å². The van der Waals surface area contributed by atoms with Gasteiger partial charge in [-0.3, -0.25) is 0 Å². The zero-order valence-electron chi connectivity index (χ0n) is 10.9. The van der Waals surface area contributed by atoms with Gasteiger partial charge < -0.3 is 5.32 Å². The van der Waals surface area contributed by atoms with E-state index in [1.807, 2.05) is 0 Å². The first-order valence-electron chi connectivity index (χ1n) is 6.81. The Bertz CT molecular complexity index is 394. The molecule has 0 amide bonds. The number of hydrogen-bond acceptors (Lipinski definition) is 1. The minimum Gasteiger partial charge on any atom is -0.312 e. The first-order chi connectivity index (χ1) is 8.66. The number of rotatable bonds is 4. The molecule has 1 aliphatic rings. The van der Waals surface area contributed by atoms with Crippen LogP contribution in [0.1, 0.15) is 38.2 Å². The standard InChI is InChI=1S/C15H21ClFN/c1-11-4-2-3-5-12(11)9-18-10-13-6-7-14(17)8-15(13)16/h6-8,11-12,18H,2-5,9-10H2,1H3. The molecule has 2 unspecified atom stereocenters. The average Bonchev–Trinajstić information content (AvgIpc) is 2.34. The van der Waals surface area contributed by atoms with Gasteiger partial charge in [0.15, 0.2) is 0 Å². The summed E-state index contributed by atoms with van der Waals surface area (Å²) in [4.78, 5) is 0. The molecule has 0 aromatic heterocycles. The Morgan fingerprint density at radius 1 is 1.33 bits per heavy atom. The molecule has 1 fully saturated rings. The van der Waals surface area contributed by atoms with Gasteiger partial charge in [-0.05, 0) is 42.5 Å². The smallest absolute Gasteiger partial charge is 0.124 e. The summed E-state index contributed by atoms with van der Waals surface area (Å²) in [6.45, 7) is 4.10. The zero-order valence-corrected chi connectivity index (χ0v) is 11.6. The maximum atomic E-state index is 12.9. The van der Waals surface area contributed by atoms with Crippen LogP contribution in [0.25, 0.3) is 0 Å². The Balaban J connectivity index is 1.81. The van der Waals surface area contributed by atoms with Crippen LogP contribution in [0.15, 0.2) is 18.2 Å². The van der Waals surface area contributed by atoms with Crippen molar-refractivity contribution in [3.05, 3.63) is 34.6 Å². The summed E-state index contributed by atoms with van der Waals surface area (Å²) in [5.41, 5.74) is 0.974. The number of nitrogens with one attached hydrogen (secondary N) is 1. The lowest BCUT2D eigenvalue weighted by Gasteiger charge is -2.29. The summed E-state index contributed by atoms with van der Waals surface area (Å²) >= 11 is 6.00. The highest BCUT2D eigenvalue weighted by atomic mass is 35.5. The van der Waals surface area contributed by atoms with Crippen LogP contribution in [0, 0.1) is 17.7 Å². The highest BCUT2D eigenvalue weighted by Crippen LogP contribution is 2.29. The molecule has 2 rings (SSSR count). The summed E-state index contributed by atoms with van der Waals surface area (Å²) in [6.07, 6.45) is 5.41. The number of hydrogen-bond donors (Lipinski definition) is 1. The molecule has 1 saturated carbocycles. The van der Waals surface area contributed by atoms with Crippen molar-refractivity contribution < 1.29 is 4.39 Å². The lowest BCUT2D eigenvalue weighted by molar-refractivity contribution is 0.247. The molecule has 18 heavy (non-hydrogen) atoms. The van der Waals surface area contributed by atoms with Gasteiger partial charge in [0.2, 0.25) is 0 Å². The maximum absolute atomic E-state index is 12.9. The first kappa shape index (κ1) is 13.8. The Labute approximate surface area is 114 Å². The molecule has 2 atom stereocenters. The van der Waals surface area contributed by atoms with Crippen molar-refractivity contribution >= 4 is 11.6 Å². The molecule has 1 aromatic carbocycles. The molecule has 1 aromatic rings. The second kappa shape index (κ2) is 6.53. The lowest BCUT2D eigenvalue weighted by atomic mass is 9.80. The van der Waals surface area contributed by atoms with Crippen LogP contribution in [-0.2, 0) is 6.54 Å². The molecule has 1 aliphatic carbocycles. The first-order valence-corrected chi connectivity index (χ1v) is 7.19. The van der Waals surface area contributed by atoms with Crippen molar-refractivity contribution in [2.45, 2.75) is 39.2 Å². The van der Waals surface area contributed by atoms with Crippen LogP contribution in [-0.4, -0.2) is 6.54 Å². The topological polar surface area (TPSA) is 12.0 Å². The fraction of sp³-hybridized carbons (Fsp3) is 0.600. The van der Waals surface area contributed by atoms with Crippen LogP contribution >= 0.6 is 11.6 Å². The molecule has 0 aliphatic heterocycles. The Kier molecular flexibility index (Phi) is 5.02. The molecule has 0 radical (unpaired) electrons. The van der Waals surface area contributed by atoms with E-state index in [-0.39, 0.29) is 5.82 Å². The quantitative estimate of drug-likeness (QED) is 0.855. The molecule has 3 heteroatoms. The van der Waals surface area contributed by atoms with Gasteiger partial charge in [0.25, 0.3) is 0 Å². The monoisotopic (exact) mass is 269 g/mol. The Morgan fingerprint density at radius 3 is 2.83 bits per heavy atom. The predicted octanol–water partition coefficient (Wildman–Crippen LogP) is 4.40.